The normalized spacial score (nSPS) is 16.3. The number of hydrogen-bond donors (Lipinski definition) is 1. The van der Waals surface area contributed by atoms with Crippen LogP contribution in [0.1, 0.15) is 45.3 Å². The van der Waals surface area contributed by atoms with Crippen molar-refractivity contribution in [1.29, 1.82) is 0 Å². The third-order valence-electron chi connectivity index (χ3n) is 4.73. The molecule has 2 aromatic rings. The smallest absolute Gasteiger partial charge is 0.263 e. The molecule has 6 heteroatoms. The summed E-state index contributed by atoms with van der Waals surface area (Å²) in [6.45, 7) is 6.07. The van der Waals surface area contributed by atoms with E-state index in [9.17, 15) is 9.59 Å². The molecule has 1 aliphatic rings. The Hall–Kier alpha value is -1.66. The van der Waals surface area contributed by atoms with Gasteiger partial charge in [-0.05, 0) is 56.2 Å². The fraction of sp³-hybridized carbons (Fsp3) is 0.474. The Balaban J connectivity index is 1.63. The molecular weight excluding hydrogens is 352 g/mol. The summed E-state index contributed by atoms with van der Waals surface area (Å²) in [7, 11) is 0. The molecule has 2 amide bonds. The average Bonchev–Trinajstić information content (AvgIpc) is 3.29. The fourth-order valence-electron chi connectivity index (χ4n) is 3.25. The van der Waals surface area contributed by atoms with Crippen LogP contribution in [0.5, 0.6) is 0 Å². The summed E-state index contributed by atoms with van der Waals surface area (Å²) in [5.41, 5.74) is 1.18. The van der Waals surface area contributed by atoms with Gasteiger partial charge in [0.15, 0.2) is 0 Å². The molecule has 1 atom stereocenters. The molecule has 0 fully saturated rings. The molecule has 0 bridgehead atoms. The van der Waals surface area contributed by atoms with Crippen LogP contribution in [0.25, 0.3) is 0 Å². The third-order valence-corrected chi connectivity index (χ3v) is 6.83. The second kappa shape index (κ2) is 8.15. The monoisotopic (exact) mass is 376 g/mol. The SMILES string of the molecule is CCN(CC)C(=O)c1cc2c(s1)CCC(C(=O)NCc1cccs1)C2. The predicted molar refractivity (Wildman–Crippen MR) is 103 cm³/mol. The Bertz CT molecular complexity index is 733. The zero-order valence-corrected chi connectivity index (χ0v) is 16.3. The predicted octanol–water partition coefficient (Wildman–Crippen LogP) is 3.71. The Kier molecular flexibility index (Phi) is 5.91. The van der Waals surface area contributed by atoms with E-state index in [-0.39, 0.29) is 17.7 Å². The van der Waals surface area contributed by atoms with Gasteiger partial charge in [0, 0.05) is 28.8 Å². The van der Waals surface area contributed by atoms with Crippen molar-refractivity contribution in [3.63, 3.8) is 0 Å². The maximum atomic E-state index is 12.5. The van der Waals surface area contributed by atoms with Crippen molar-refractivity contribution in [1.82, 2.24) is 10.2 Å². The minimum Gasteiger partial charge on any atom is -0.351 e. The second-order valence-corrected chi connectivity index (χ2v) is 8.44. The molecule has 0 aliphatic heterocycles. The van der Waals surface area contributed by atoms with E-state index in [4.69, 9.17) is 0 Å². The van der Waals surface area contributed by atoms with Crippen molar-refractivity contribution in [2.75, 3.05) is 13.1 Å². The number of rotatable bonds is 6. The molecule has 1 unspecified atom stereocenters. The van der Waals surface area contributed by atoms with Crippen LogP contribution in [0.3, 0.4) is 0 Å². The molecule has 25 heavy (non-hydrogen) atoms. The van der Waals surface area contributed by atoms with E-state index in [0.717, 1.165) is 37.2 Å². The Morgan fingerprint density at radius 3 is 2.80 bits per heavy atom. The molecule has 0 saturated heterocycles. The number of carbonyl (C=O) groups is 2. The molecule has 0 radical (unpaired) electrons. The highest BCUT2D eigenvalue weighted by molar-refractivity contribution is 7.14. The van der Waals surface area contributed by atoms with Crippen LogP contribution in [-0.2, 0) is 24.2 Å². The van der Waals surface area contributed by atoms with Gasteiger partial charge < -0.3 is 10.2 Å². The van der Waals surface area contributed by atoms with Gasteiger partial charge in [-0.1, -0.05) is 6.07 Å². The number of nitrogens with one attached hydrogen (secondary N) is 1. The quantitative estimate of drug-likeness (QED) is 0.835. The van der Waals surface area contributed by atoms with Gasteiger partial charge in [-0.25, -0.2) is 0 Å². The molecule has 134 valence electrons. The van der Waals surface area contributed by atoms with Crippen LogP contribution in [0.2, 0.25) is 0 Å². The first-order valence-corrected chi connectivity index (χ1v) is 10.5. The summed E-state index contributed by atoms with van der Waals surface area (Å²) in [5.74, 6) is 0.253. The lowest BCUT2D eigenvalue weighted by Gasteiger charge is -2.21. The van der Waals surface area contributed by atoms with Crippen molar-refractivity contribution in [2.45, 2.75) is 39.7 Å². The summed E-state index contributed by atoms with van der Waals surface area (Å²) < 4.78 is 0. The summed E-state index contributed by atoms with van der Waals surface area (Å²) in [6, 6.07) is 6.05. The molecular formula is C19H24N2O2S2. The number of nitrogens with zero attached hydrogens (tertiary/aromatic N) is 1. The zero-order valence-electron chi connectivity index (χ0n) is 14.7. The van der Waals surface area contributed by atoms with E-state index in [2.05, 4.69) is 5.32 Å². The van der Waals surface area contributed by atoms with Gasteiger partial charge in [0.1, 0.15) is 0 Å². The van der Waals surface area contributed by atoms with Gasteiger partial charge >= 0.3 is 0 Å². The van der Waals surface area contributed by atoms with Gasteiger partial charge in [-0.3, -0.25) is 9.59 Å². The Labute approximate surface area is 156 Å². The highest BCUT2D eigenvalue weighted by atomic mass is 32.1. The lowest BCUT2D eigenvalue weighted by atomic mass is 9.87. The molecule has 0 spiro atoms. The summed E-state index contributed by atoms with van der Waals surface area (Å²) in [6.07, 6.45) is 2.50. The maximum Gasteiger partial charge on any atom is 0.263 e. The van der Waals surface area contributed by atoms with Crippen molar-refractivity contribution >= 4 is 34.5 Å². The molecule has 1 N–H and O–H groups in total. The lowest BCUT2D eigenvalue weighted by Crippen LogP contribution is -2.33. The van der Waals surface area contributed by atoms with Crippen LogP contribution >= 0.6 is 22.7 Å². The summed E-state index contributed by atoms with van der Waals surface area (Å²) in [4.78, 5) is 30.1. The van der Waals surface area contributed by atoms with Gasteiger partial charge in [0.2, 0.25) is 5.91 Å². The number of carbonyl (C=O) groups excluding carboxylic acids is 2. The molecule has 4 nitrogen and oxygen atoms in total. The van der Waals surface area contributed by atoms with Crippen molar-refractivity contribution in [3.8, 4) is 0 Å². The number of amides is 2. The van der Waals surface area contributed by atoms with Gasteiger partial charge in [-0.2, -0.15) is 0 Å². The summed E-state index contributed by atoms with van der Waals surface area (Å²) >= 11 is 3.26. The third kappa shape index (κ3) is 4.12. The number of fused-ring (bicyclic) bond motifs is 1. The Morgan fingerprint density at radius 1 is 1.32 bits per heavy atom. The van der Waals surface area contributed by atoms with Crippen LogP contribution in [0.4, 0.5) is 0 Å². The zero-order chi connectivity index (χ0) is 17.8. The van der Waals surface area contributed by atoms with Crippen molar-refractivity contribution in [2.24, 2.45) is 5.92 Å². The van der Waals surface area contributed by atoms with Crippen LogP contribution < -0.4 is 5.32 Å². The minimum atomic E-state index is 0.0125. The van der Waals surface area contributed by atoms with E-state index in [1.54, 1.807) is 22.7 Å². The highest BCUT2D eigenvalue weighted by Gasteiger charge is 2.28. The Morgan fingerprint density at radius 2 is 2.12 bits per heavy atom. The van der Waals surface area contributed by atoms with Crippen LogP contribution in [-0.4, -0.2) is 29.8 Å². The van der Waals surface area contributed by atoms with Crippen molar-refractivity contribution < 1.29 is 9.59 Å². The van der Waals surface area contributed by atoms with Gasteiger partial charge in [0.05, 0.1) is 11.4 Å². The van der Waals surface area contributed by atoms with Gasteiger partial charge in [0.25, 0.3) is 5.91 Å². The first-order chi connectivity index (χ1) is 12.1. The van der Waals surface area contributed by atoms with E-state index in [1.807, 2.05) is 42.3 Å². The number of aryl methyl sites for hydroxylation is 1. The standard InChI is InChI=1S/C19H24N2O2S2/c1-3-21(4-2)19(23)17-11-14-10-13(7-8-16(14)25-17)18(22)20-12-15-6-5-9-24-15/h5-6,9,11,13H,3-4,7-8,10,12H2,1-2H3,(H,20,22). The van der Waals surface area contributed by atoms with Crippen LogP contribution in [0, 0.1) is 5.92 Å². The molecule has 2 aromatic heterocycles. The maximum absolute atomic E-state index is 12.5. The van der Waals surface area contributed by atoms with E-state index >= 15 is 0 Å². The number of hydrogen-bond acceptors (Lipinski definition) is 4. The van der Waals surface area contributed by atoms with Crippen LogP contribution in [0.15, 0.2) is 23.6 Å². The fourth-order valence-corrected chi connectivity index (χ4v) is 5.07. The topological polar surface area (TPSA) is 49.4 Å². The second-order valence-electron chi connectivity index (χ2n) is 6.27. The molecule has 1 aliphatic carbocycles. The molecule has 2 heterocycles. The van der Waals surface area contributed by atoms with E-state index in [1.165, 1.54) is 15.3 Å². The van der Waals surface area contributed by atoms with Gasteiger partial charge in [-0.15, -0.1) is 22.7 Å². The minimum absolute atomic E-state index is 0.0125. The average molecular weight is 377 g/mol. The molecule has 0 saturated carbocycles. The highest BCUT2D eigenvalue weighted by Crippen LogP contribution is 2.33. The first kappa shape index (κ1) is 18.1. The molecule has 3 rings (SSSR count). The number of thiophene rings is 2. The van der Waals surface area contributed by atoms with Crippen molar-refractivity contribution in [3.05, 3.63) is 43.8 Å². The van der Waals surface area contributed by atoms with E-state index in [0.29, 0.717) is 6.54 Å². The summed E-state index contributed by atoms with van der Waals surface area (Å²) in [5, 5.41) is 5.07. The lowest BCUT2D eigenvalue weighted by molar-refractivity contribution is -0.125. The largest absolute Gasteiger partial charge is 0.351 e. The molecule has 0 aromatic carbocycles. The first-order valence-electron chi connectivity index (χ1n) is 8.83. The van der Waals surface area contributed by atoms with E-state index < -0.39 is 0 Å².